The molecule has 0 saturated carbocycles. The SMILES string of the molecule is C[C@@H]1CN(S(=O)(=O)c2ccc(C(=O)Nc3cc4ccccc4cc3NC(=O)c3ccc(S(=O)(=O)N4C[C@H](C)O[C@@H](C)C4)cc3)cc2)C[C@H](C)O1. The van der Waals surface area contributed by atoms with Gasteiger partial charge in [0.15, 0.2) is 0 Å². The number of hydrogen-bond acceptors (Lipinski definition) is 8. The Morgan fingerprint density at radius 3 is 1.20 bits per heavy atom. The van der Waals surface area contributed by atoms with E-state index in [4.69, 9.17) is 9.47 Å². The fourth-order valence-electron chi connectivity index (χ4n) is 6.34. The highest BCUT2D eigenvalue weighted by Gasteiger charge is 2.33. The molecule has 2 aliphatic heterocycles. The van der Waals surface area contributed by atoms with Crippen LogP contribution in [0.25, 0.3) is 10.8 Å². The third kappa shape index (κ3) is 7.60. The van der Waals surface area contributed by atoms with Gasteiger partial charge < -0.3 is 20.1 Å². The zero-order chi connectivity index (χ0) is 35.8. The second kappa shape index (κ2) is 14.2. The monoisotopic (exact) mass is 720 g/mol. The van der Waals surface area contributed by atoms with Gasteiger partial charge >= 0.3 is 0 Å². The first kappa shape index (κ1) is 35.6. The van der Waals surface area contributed by atoms with Gasteiger partial charge in [-0.15, -0.1) is 0 Å². The Labute approximate surface area is 292 Å². The summed E-state index contributed by atoms with van der Waals surface area (Å²) in [5, 5.41) is 7.35. The Morgan fingerprint density at radius 1 is 0.560 bits per heavy atom. The fraction of sp³-hybridized carbons (Fsp3) is 0.333. The summed E-state index contributed by atoms with van der Waals surface area (Å²) in [6.07, 6.45) is -0.948. The summed E-state index contributed by atoms with van der Waals surface area (Å²) in [5.41, 5.74) is 1.09. The Morgan fingerprint density at radius 2 is 0.880 bits per heavy atom. The van der Waals surface area contributed by atoms with E-state index in [9.17, 15) is 26.4 Å². The van der Waals surface area contributed by atoms with Crippen molar-refractivity contribution in [2.45, 2.75) is 61.9 Å². The van der Waals surface area contributed by atoms with Crippen LogP contribution in [0, 0.1) is 0 Å². The van der Waals surface area contributed by atoms with Crippen LogP contribution in [-0.4, -0.2) is 87.9 Å². The van der Waals surface area contributed by atoms with Gasteiger partial charge in [-0.1, -0.05) is 24.3 Å². The highest BCUT2D eigenvalue weighted by molar-refractivity contribution is 7.89. The fourth-order valence-corrected chi connectivity index (χ4v) is 9.53. The van der Waals surface area contributed by atoms with Crippen molar-refractivity contribution in [3.8, 4) is 0 Å². The Kier molecular flexibility index (Phi) is 10.1. The van der Waals surface area contributed by atoms with Crippen LogP contribution in [0.15, 0.2) is 94.7 Å². The largest absolute Gasteiger partial charge is 0.373 e. The second-order valence-corrected chi connectivity index (χ2v) is 16.7. The van der Waals surface area contributed by atoms with E-state index in [1.807, 2.05) is 52.0 Å². The summed E-state index contributed by atoms with van der Waals surface area (Å²) in [5.74, 6) is -1.01. The van der Waals surface area contributed by atoms with Crippen LogP contribution in [0.4, 0.5) is 11.4 Å². The molecule has 264 valence electrons. The molecule has 0 radical (unpaired) electrons. The molecule has 2 N–H and O–H groups in total. The van der Waals surface area contributed by atoms with Gasteiger partial charge in [-0.2, -0.15) is 8.61 Å². The highest BCUT2D eigenvalue weighted by atomic mass is 32.2. The number of amides is 2. The van der Waals surface area contributed by atoms with Gasteiger partial charge in [0.25, 0.3) is 11.8 Å². The van der Waals surface area contributed by atoms with Crippen LogP contribution in [0.5, 0.6) is 0 Å². The minimum Gasteiger partial charge on any atom is -0.373 e. The van der Waals surface area contributed by atoms with E-state index in [-0.39, 0.29) is 71.5 Å². The van der Waals surface area contributed by atoms with Gasteiger partial charge in [-0.25, -0.2) is 16.8 Å². The molecular weight excluding hydrogens is 681 g/mol. The van der Waals surface area contributed by atoms with Crippen molar-refractivity contribution < 1.29 is 35.9 Å². The van der Waals surface area contributed by atoms with Crippen molar-refractivity contribution in [1.29, 1.82) is 0 Å². The molecule has 0 bridgehead atoms. The zero-order valence-corrected chi connectivity index (χ0v) is 29.8. The molecule has 2 fully saturated rings. The maximum Gasteiger partial charge on any atom is 0.255 e. The molecule has 4 aromatic carbocycles. The molecule has 0 aliphatic carbocycles. The molecule has 50 heavy (non-hydrogen) atoms. The van der Waals surface area contributed by atoms with E-state index in [0.717, 1.165) is 10.8 Å². The lowest BCUT2D eigenvalue weighted by Gasteiger charge is -2.34. The summed E-state index contributed by atoms with van der Waals surface area (Å²) in [4.78, 5) is 27.0. The number of carbonyl (C=O) groups excluding carboxylic acids is 2. The maximum absolute atomic E-state index is 13.4. The van der Waals surface area contributed by atoms with Crippen LogP contribution >= 0.6 is 0 Å². The van der Waals surface area contributed by atoms with Crippen molar-refractivity contribution in [3.05, 3.63) is 96.1 Å². The number of morpholine rings is 2. The number of benzene rings is 4. The lowest BCUT2D eigenvalue weighted by Crippen LogP contribution is -2.48. The average molecular weight is 721 g/mol. The summed E-state index contributed by atoms with van der Waals surface area (Å²) in [6.45, 7) is 8.25. The van der Waals surface area contributed by atoms with Crippen molar-refractivity contribution in [2.24, 2.45) is 0 Å². The molecule has 4 atom stereocenters. The standard InChI is InChI=1S/C36H40N4O8S2/c1-23-19-39(20-24(2)47-23)49(43,44)31-13-9-27(10-14-31)35(41)37-33-17-29-7-5-6-8-30(29)18-34(33)38-36(42)28-11-15-32(16-12-28)50(45,46)40-21-25(3)48-26(4)22-40/h5-18,23-26H,19-22H2,1-4H3,(H,37,41)(H,38,42)/t23-,24-,25-,26+/m0/s1. The first-order valence-corrected chi connectivity index (χ1v) is 19.3. The first-order valence-electron chi connectivity index (χ1n) is 16.4. The van der Waals surface area contributed by atoms with Gasteiger partial charge in [0.2, 0.25) is 20.0 Å². The average Bonchev–Trinajstić information content (AvgIpc) is 3.07. The van der Waals surface area contributed by atoms with E-state index >= 15 is 0 Å². The minimum atomic E-state index is -3.79. The molecule has 12 nitrogen and oxygen atoms in total. The van der Waals surface area contributed by atoms with Crippen LogP contribution in [-0.2, 0) is 29.5 Å². The Bertz CT molecular complexity index is 1950. The number of nitrogens with one attached hydrogen (secondary N) is 2. The van der Waals surface area contributed by atoms with Crippen LogP contribution in [0.2, 0.25) is 0 Å². The number of nitrogens with zero attached hydrogens (tertiary/aromatic N) is 2. The molecule has 0 unspecified atom stereocenters. The predicted molar refractivity (Wildman–Crippen MR) is 190 cm³/mol. The molecule has 0 aromatic heterocycles. The van der Waals surface area contributed by atoms with E-state index in [2.05, 4.69) is 10.6 Å². The number of hydrogen-bond donors (Lipinski definition) is 2. The minimum absolute atomic E-state index is 0.0712. The Hall–Kier alpha value is -4.18. The van der Waals surface area contributed by atoms with Crippen LogP contribution in [0.3, 0.4) is 0 Å². The summed E-state index contributed by atoms with van der Waals surface area (Å²) < 4.78 is 67.3. The van der Waals surface area contributed by atoms with Crippen LogP contribution < -0.4 is 10.6 Å². The first-order chi connectivity index (χ1) is 23.7. The van der Waals surface area contributed by atoms with Gasteiger partial charge in [0.05, 0.1) is 45.6 Å². The molecule has 14 heteroatoms. The van der Waals surface area contributed by atoms with E-state index in [0.29, 0.717) is 11.4 Å². The van der Waals surface area contributed by atoms with Crippen molar-refractivity contribution in [3.63, 3.8) is 0 Å². The molecule has 2 amide bonds. The maximum atomic E-state index is 13.4. The van der Waals surface area contributed by atoms with Gasteiger partial charge in [-0.05, 0) is 99.1 Å². The normalized spacial score (nSPS) is 22.2. The summed E-state index contributed by atoms with van der Waals surface area (Å²) in [7, 11) is -7.58. The number of carbonyl (C=O) groups is 2. The quantitative estimate of drug-likeness (QED) is 0.260. The van der Waals surface area contributed by atoms with Gasteiger partial charge in [0, 0.05) is 37.3 Å². The van der Waals surface area contributed by atoms with Gasteiger partial charge in [-0.3, -0.25) is 9.59 Å². The number of rotatable bonds is 8. The van der Waals surface area contributed by atoms with Crippen LogP contribution in [0.1, 0.15) is 48.4 Å². The highest BCUT2D eigenvalue weighted by Crippen LogP contribution is 2.30. The number of anilines is 2. The molecule has 6 rings (SSSR count). The second-order valence-electron chi connectivity index (χ2n) is 12.9. The summed E-state index contributed by atoms with van der Waals surface area (Å²) in [6, 6.07) is 22.3. The molecule has 2 heterocycles. The lowest BCUT2D eigenvalue weighted by molar-refractivity contribution is -0.0442. The molecule has 0 spiro atoms. The number of sulfonamides is 2. The zero-order valence-electron chi connectivity index (χ0n) is 28.2. The van der Waals surface area contributed by atoms with E-state index in [1.54, 1.807) is 12.1 Å². The molecule has 2 aliphatic rings. The van der Waals surface area contributed by atoms with Crippen molar-refractivity contribution >= 4 is 54.0 Å². The lowest BCUT2D eigenvalue weighted by atomic mass is 10.1. The smallest absolute Gasteiger partial charge is 0.255 e. The summed E-state index contributed by atoms with van der Waals surface area (Å²) >= 11 is 0. The topological polar surface area (TPSA) is 151 Å². The van der Waals surface area contributed by atoms with Crippen molar-refractivity contribution in [2.75, 3.05) is 36.8 Å². The third-order valence-electron chi connectivity index (χ3n) is 8.66. The third-order valence-corrected chi connectivity index (χ3v) is 12.4. The van der Waals surface area contributed by atoms with Gasteiger partial charge in [0.1, 0.15) is 0 Å². The molecular formula is C36H40N4O8S2. The van der Waals surface area contributed by atoms with E-state index < -0.39 is 31.9 Å². The Balaban J connectivity index is 1.20. The number of ether oxygens (including phenoxy) is 2. The molecule has 2 saturated heterocycles. The van der Waals surface area contributed by atoms with E-state index in [1.165, 1.54) is 57.1 Å². The predicted octanol–water partition coefficient (Wildman–Crippen LogP) is 4.94. The van der Waals surface area contributed by atoms with Crippen molar-refractivity contribution in [1.82, 2.24) is 8.61 Å². The molecule has 4 aromatic rings. The number of fused-ring (bicyclic) bond motifs is 1.